The van der Waals surface area contributed by atoms with Crippen molar-refractivity contribution in [3.05, 3.63) is 41.9 Å². The van der Waals surface area contributed by atoms with Crippen LogP contribution in [0.15, 0.2) is 34.9 Å². The number of aromatic nitrogens is 1. The molecule has 0 spiro atoms. The molecule has 1 aromatic heterocycles. The molecule has 94 valence electrons. The predicted octanol–water partition coefficient (Wildman–Crippen LogP) is 3.06. The molecule has 0 amide bonds. The van der Waals surface area contributed by atoms with E-state index in [4.69, 9.17) is 5.11 Å². The van der Waals surface area contributed by atoms with Crippen LogP contribution in [0, 0.1) is 0 Å². The molecule has 0 atom stereocenters. The van der Waals surface area contributed by atoms with Crippen LogP contribution < -0.4 is 0 Å². The van der Waals surface area contributed by atoms with Gasteiger partial charge < -0.3 is 9.52 Å². The molecule has 0 aliphatic rings. The van der Waals surface area contributed by atoms with Crippen LogP contribution in [-0.4, -0.2) is 16.1 Å². The molecule has 0 unspecified atom stereocenters. The second-order valence-corrected chi connectivity index (χ2v) is 3.41. The van der Waals surface area contributed by atoms with Gasteiger partial charge in [-0.1, -0.05) is 12.1 Å². The van der Waals surface area contributed by atoms with Crippen molar-refractivity contribution in [1.29, 1.82) is 0 Å². The Morgan fingerprint density at radius 1 is 1.22 bits per heavy atom. The largest absolute Gasteiger partial charge is 0.478 e. The van der Waals surface area contributed by atoms with Crippen LogP contribution in [-0.2, 0) is 6.18 Å². The van der Waals surface area contributed by atoms with Crippen LogP contribution in [0.1, 0.15) is 16.2 Å². The van der Waals surface area contributed by atoms with Crippen LogP contribution in [0.3, 0.4) is 0 Å². The van der Waals surface area contributed by atoms with Gasteiger partial charge in [0.25, 0.3) is 0 Å². The lowest BCUT2D eigenvalue weighted by Crippen LogP contribution is -2.04. The first-order valence-electron chi connectivity index (χ1n) is 4.74. The second-order valence-electron chi connectivity index (χ2n) is 3.41. The van der Waals surface area contributed by atoms with Gasteiger partial charge >= 0.3 is 18.0 Å². The molecular weight excluding hydrogens is 251 g/mol. The maximum absolute atomic E-state index is 12.3. The number of benzene rings is 1. The molecule has 4 nitrogen and oxygen atoms in total. The van der Waals surface area contributed by atoms with Crippen molar-refractivity contribution in [1.82, 2.24) is 4.98 Å². The van der Waals surface area contributed by atoms with Gasteiger partial charge in [0, 0.05) is 5.56 Å². The van der Waals surface area contributed by atoms with Gasteiger partial charge in [0.2, 0.25) is 0 Å². The Morgan fingerprint density at radius 2 is 1.83 bits per heavy atom. The van der Waals surface area contributed by atoms with E-state index in [9.17, 15) is 18.0 Å². The number of carboxylic acid groups (broad SMARTS) is 1. The zero-order valence-electron chi connectivity index (χ0n) is 8.73. The van der Waals surface area contributed by atoms with Gasteiger partial charge in [0.05, 0.1) is 11.8 Å². The van der Waals surface area contributed by atoms with E-state index in [0.717, 1.165) is 6.20 Å². The monoisotopic (exact) mass is 257 g/mol. The van der Waals surface area contributed by atoms with E-state index in [1.807, 2.05) is 0 Å². The zero-order valence-corrected chi connectivity index (χ0v) is 8.73. The molecule has 0 saturated heterocycles. The van der Waals surface area contributed by atoms with Gasteiger partial charge in [-0.05, 0) is 12.1 Å². The fourth-order valence-electron chi connectivity index (χ4n) is 1.32. The van der Waals surface area contributed by atoms with Crippen molar-refractivity contribution in [2.75, 3.05) is 0 Å². The van der Waals surface area contributed by atoms with E-state index in [0.29, 0.717) is 5.56 Å². The minimum absolute atomic E-state index is 0.0364. The molecule has 0 saturated carbocycles. The molecule has 18 heavy (non-hydrogen) atoms. The van der Waals surface area contributed by atoms with E-state index >= 15 is 0 Å². The number of carboxylic acids is 1. The number of nitrogens with zero attached hydrogens (tertiary/aromatic N) is 1. The highest BCUT2D eigenvalue weighted by atomic mass is 19.4. The number of carbonyl (C=O) groups is 1. The SMILES string of the molecule is O=C(O)c1ccc(-c2cnc(C(F)(F)F)o2)cc1. The summed E-state index contributed by atoms with van der Waals surface area (Å²) in [4.78, 5) is 13.7. The van der Waals surface area contributed by atoms with Crippen molar-refractivity contribution >= 4 is 5.97 Å². The molecule has 0 bridgehead atoms. The van der Waals surface area contributed by atoms with Crippen LogP contribution in [0.2, 0.25) is 0 Å². The summed E-state index contributed by atoms with van der Waals surface area (Å²) in [5.41, 5.74) is 0.359. The molecule has 0 aliphatic heterocycles. The number of hydrogen-bond donors (Lipinski definition) is 1. The maximum Gasteiger partial charge on any atom is 0.468 e. The maximum atomic E-state index is 12.3. The van der Waals surface area contributed by atoms with E-state index in [2.05, 4.69) is 9.40 Å². The van der Waals surface area contributed by atoms with E-state index in [-0.39, 0.29) is 11.3 Å². The molecular formula is C11H6F3NO3. The molecule has 0 fully saturated rings. The average molecular weight is 257 g/mol. The highest BCUT2D eigenvalue weighted by Crippen LogP contribution is 2.31. The fraction of sp³-hybridized carbons (Fsp3) is 0.0909. The van der Waals surface area contributed by atoms with E-state index in [1.54, 1.807) is 0 Å². The van der Waals surface area contributed by atoms with Crippen molar-refractivity contribution in [3.63, 3.8) is 0 Å². The third-order valence-corrected chi connectivity index (χ3v) is 2.16. The number of alkyl halides is 3. The van der Waals surface area contributed by atoms with Crippen LogP contribution in [0.5, 0.6) is 0 Å². The van der Waals surface area contributed by atoms with Crippen LogP contribution in [0.25, 0.3) is 11.3 Å². The number of oxazole rings is 1. The van der Waals surface area contributed by atoms with Crippen molar-refractivity contribution in [2.24, 2.45) is 0 Å². The average Bonchev–Trinajstić information content (AvgIpc) is 2.78. The first kappa shape index (κ1) is 12.2. The minimum atomic E-state index is -4.64. The quantitative estimate of drug-likeness (QED) is 0.897. The van der Waals surface area contributed by atoms with Gasteiger partial charge in [-0.15, -0.1) is 0 Å². The zero-order chi connectivity index (χ0) is 13.3. The number of rotatable bonds is 2. The number of halogens is 3. The van der Waals surface area contributed by atoms with Crippen LogP contribution in [0.4, 0.5) is 13.2 Å². The van der Waals surface area contributed by atoms with Crippen LogP contribution >= 0.6 is 0 Å². The topological polar surface area (TPSA) is 63.3 Å². The summed E-state index contributed by atoms with van der Waals surface area (Å²) in [6, 6.07) is 5.25. The van der Waals surface area contributed by atoms with Gasteiger partial charge in [-0.3, -0.25) is 0 Å². The Labute approximate surface area is 98.7 Å². The van der Waals surface area contributed by atoms with Crippen molar-refractivity contribution < 1.29 is 27.5 Å². The lowest BCUT2D eigenvalue weighted by Gasteiger charge is -2.00. The summed E-state index contributed by atoms with van der Waals surface area (Å²) in [7, 11) is 0. The fourth-order valence-corrected chi connectivity index (χ4v) is 1.32. The lowest BCUT2D eigenvalue weighted by molar-refractivity contribution is -0.156. The molecule has 7 heteroatoms. The smallest absolute Gasteiger partial charge is 0.468 e. The standard InChI is InChI=1S/C11H6F3NO3/c12-11(13,14)10-15-5-8(18-10)6-1-3-7(4-2-6)9(16)17/h1-5H,(H,16,17). The Morgan fingerprint density at radius 3 is 2.28 bits per heavy atom. The van der Waals surface area contributed by atoms with Gasteiger partial charge in [0.1, 0.15) is 0 Å². The molecule has 0 radical (unpaired) electrons. The summed E-state index contributed by atoms with van der Waals surface area (Å²) in [5, 5.41) is 8.67. The molecule has 1 aromatic carbocycles. The first-order valence-corrected chi connectivity index (χ1v) is 4.74. The predicted molar refractivity (Wildman–Crippen MR) is 53.9 cm³/mol. The minimum Gasteiger partial charge on any atom is -0.478 e. The van der Waals surface area contributed by atoms with E-state index in [1.165, 1.54) is 24.3 Å². The Balaban J connectivity index is 2.32. The first-order chi connectivity index (χ1) is 8.38. The van der Waals surface area contributed by atoms with E-state index < -0.39 is 18.0 Å². The highest BCUT2D eigenvalue weighted by molar-refractivity contribution is 5.88. The molecule has 0 aliphatic carbocycles. The summed E-state index contributed by atoms with van der Waals surface area (Å²) in [6.45, 7) is 0. The van der Waals surface area contributed by atoms with Gasteiger partial charge in [-0.25, -0.2) is 9.78 Å². The molecule has 2 aromatic rings. The summed E-state index contributed by atoms with van der Waals surface area (Å²) < 4.78 is 41.3. The normalized spacial score (nSPS) is 11.5. The second kappa shape index (κ2) is 4.17. The summed E-state index contributed by atoms with van der Waals surface area (Å²) in [5.74, 6) is -2.52. The molecule has 2 rings (SSSR count). The number of hydrogen-bond acceptors (Lipinski definition) is 3. The highest BCUT2D eigenvalue weighted by Gasteiger charge is 2.37. The summed E-state index contributed by atoms with van der Waals surface area (Å²) >= 11 is 0. The number of aromatic carboxylic acids is 1. The Hall–Kier alpha value is -2.31. The van der Waals surface area contributed by atoms with Crippen molar-refractivity contribution in [3.8, 4) is 11.3 Å². The molecule has 1 heterocycles. The van der Waals surface area contributed by atoms with Gasteiger partial charge in [0.15, 0.2) is 5.76 Å². The Bertz CT molecular complexity index is 572. The molecule has 1 N–H and O–H groups in total. The third-order valence-electron chi connectivity index (χ3n) is 2.16. The lowest BCUT2D eigenvalue weighted by atomic mass is 10.1. The Kier molecular flexibility index (Phi) is 2.82. The third kappa shape index (κ3) is 2.34. The van der Waals surface area contributed by atoms with Gasteiger partial charge in [-0.2, -0.15) is 13.2 Å². The van der Waals surface area contributed by atoms with Crippen molar-refractivity contribution in [2.45, 2.75) is 6.18 Å². The summed E-state index contributed by atoms with van der Waals surface area (Å²) in [6.07, 6.45) is -3.70.